The molecule has 0 spiro atoms. The first-order valence-electron chi connectivity index (χ1n) is 5.13. The Morgan fingerprint density at radius 2 is 2.00 bits per heavy atom. The monoisotopic (exact) mass is 194 g/mol. The molecule has 0 aliphatic rings. The van der Waals surface area contributed by atoms with Gasteiger partial charge in [0, 0.05) is 14.2 Å². The highest BCUT2D eigenvalue weighted by Gasteiger charge is 2.31. The molecule has 0 saturated heterocycles. The molecule has 4 atom stereocenters. The van der Waals surface area contributed by atoms with Gasteiger partial charge in [0.05, 0.1) is 8.85 Å². The van der Waals surface area contributed by atoms with E-state index in [2.05, 4.69) is 0 Å². The molecule has 0 amide bonds. The van der Waals surface area contributed by atoms with E-state index in [4.69, 9.17) is 17.3 Å². The zero-order valence-corrected chi connectivity index (χ0v) is 7.42. The standard InChI is InChI=1S/C8H16O5/c1-5(10)7(11)8(13-3)6(4-9)12-2/h4-8,10-11H,1-3H3/t5-,6+,7-,8+/m1/s1/i2D,3D. The van der Waals surface area contributed by atoms with Crippen LogP contribution in [0.3, 0.4) is 0 Å². The summed E-state index contributed by atoms with van der Waals surface area (Å²) >= 11 is 0. The van der Waals surface area contributed by atoms with Gasteiger partial charge >= 0.3 is 0 Å². The molecule has 0 unspecified atom stereocenters. The molecule has 2 N–H and O–H groups in total. The van der Waals surface area contributed by atoms with Gasteiger partial charge in [-0.25, -0.2) is 0 Å². The first-order valence-corrected chi connectivity index (χ1v) is 3.71. The van der Waals surface area contributed by atoms with Crippen molar-refractivity contribution in [3.63, 3.8) is 0 Å². The van der Waals surface area contributed by atoms with Crippen molar-refractivity contribution in [3.05, 3.63) is 0 Å². The number of hydrogen-bond acceptors (Lipinski definition) is 5. The molecule has 5 nitrogen and oxygen atoms in total. The Hall–Kier alpha value is -0.490. The number of rotatable bonds is 6. The van der Waals surface area contributed by atoms with Crippen molar-refractivity contribution in [1.82, 2.24) is 0 Å². The fourth-order valence-corrected chi connectivity index (χ4v) is 0.874. The lowest BCUT2D eigenvalue weighted by atomic mass is 10.0. The summed E-state index contributed by atoms with van der Waals surface area (Å²) in [5, 5.41) is 18.6. The van der Waals surface area contributed by atoms with Crippen molar-refractivity contribution in [3.8, 4) is 0 Å². The third-order valence-electron chi connectivity index (χ3n) is 1.67. The number of aliphatic hydroxyl groups is 2. The topological polar surface area (TPSA) is 76.0 Å². The van der Waals surface area contributed by atoms with E-state index in [1.165, 1.54) is 6.92 Å². The molecular weight excluding hydrogens is 176 g/mol. The van der Waals surface area contributed by atoms with E-state index in [9.17, 15) is 9.90 Å². The van der Waals surface area contributed by atoms with Crippen LogP contribution in [-0.2, 0) is 14.3 Å². The van der Waals surface area contributed by atoms with E-state index >= 15 is 0 Å². The number of ether oxygens (including phenoxy) is 2. The SMILES string of the molecule is [2H]CO[C@H]([C@H](O)[C@@H](C)O)[C@H](C=O)OC[2H]. The summed E-state index contributed by atoms with van der Waals surface area (Å²) in [5.74, 6) is 0. The second-order valence-electron chi connectivity index (χ2n) is 2.63. The normalized spacial score (nSPS) is 22.4. The van der Waals surface area contributed by atoms with Crippen molar-refractivity contribution < 1.29 is 27.2 Å². The zero-order valence-electron chi connectivity index (χ0n) is 9.42. The fourth-order valence-electron chi connectivity index (χ4n) is 0.874. The summed E-state index contributed by atoms with van der Waals surface area (Å²) in [7, 11) is -0.937. The van der Waals surface area contributed by atoms with Crippen LogP contribution < -0.4 is 0 Å². The number of hydrogen-bond donors (Lipinski definition) is 2. The van der Waals surface area contributed by atoms with Gasteiger partial charge in [-0.2, -0.15) is 0 Å². The molecular formula is C8H16O5. The van der Waals surface area contributed by atoms with Crippen molar-refractivity contribution in [2.45, 2.75) is 31.3 Å². The molecule has 0 bridgehead atoms. The van der Waals surface area contributed by atoms with Gasteiger partial charge in [-0.15, -0.1) is 0 Å². The molecule has 0 fully saturated rings. The molecule has 0 aliphatic heterocycles. The van der Waals surface area contributed by atoms with Crippen molar-refractivity contribution >= 4 is 6.29 Å². The number of aliphatic hydroxyl groups excluding tert-OH is 2. The van der Waals surface area contributed by atoms with Crippen LogP contribution in [0.25, 0.3) is 0 Å². The average molecular weight is 194 g/mol. The minimum atomic E-state index is -1.34. The summed E-state index contributed by atoms with van der Waals surface area (Å²) in [6, 6.07) is 0. The first kappa shape index (κ1) is 9.08. The lowest BCUT2D eigenvalue weighted by Crippen LogP contribution is -2.46. The maximum absolute atomic E-state index is 10.6. The predicted octanol–water partition coefficient (Wildman–Crippen LogP) is -1.04. The van der Waals surface area contributed by atoms with Gasteiger partial charge in [0.25, 0.3) is 0 Å². The molecule has 0 aromatic carbocycles. The molecule has 0 rings (SSSR count). The van der Waals surface area contributed by atoms with Crippen LogP contribution in [0.1, 0.15) is 9.67 Å². The Balaban J connectivity index is 4.52. The second-order valence-corrected chi connectivity index (χ2v) is 2.63. The summed E-state index contributed by atoms with van der Waals surface area (Å²) < 4.78 is 23.1. The lowest BCUT2D eigenvalue weighted by molar-refractivity contribution is -0.143. The lowest BCUT2D eigenvalue weighted by Gasteiger charge is -2.26. The molecule has 0 heterocycles. The minimum Gasteiger partial charge on any atom is -0.391 e. The Labute approximate surface area is 80.1 Å². The Morgan fingerprint density at radius 3 is 2.38 bits per heavy atom. The van der Waals surface area contributed by atoms with E-state index in [1.54, 1.807) is 0 Å². The van der Waals surface area contributed by atoms with E-state index < -0.39 is 38.6 Å². The number of carbonyl (C=O) groups excluding carboxylic acids is 1. The molecule has 0 saturated carbocycles. The molecule has 0 aromatic rings. The van der Waals surface area contributed by atoms with Crippen LogP contribution in [-0.4, -0.2) is 55.1 Å². The third-order valence-corrected chi connectivity index (χ3v) is 1.67. The highest BCUT2D eigenvalue weighted by Crippen LogP contribution is 2.09. The van der Waals surface area contributed by atoms with Crippen molar-refractivity contribution in [2.24, 2.45) is 0 Å². The van der Waals surface area contributed by atoms with Crippen molar-refractivity contribution in [1.29, 1.82) is 0 Å². The van der Waals surface area contributed by atoms with Crippen LogP contribution in [0.4, 0.5) is 0 Å². The molecule has 78 valence electrons. The Bertz CT molecular complexity index is 178. The molecule has 0 radical (unpaired) electrons. The number of aldehydes is 1. The number of methoxy groups -OCH3 is 2. The Kier molecular flexibility index (Phi) is 4.22. The maximum Gasteiger partial charge on any atom is 0.151 e. The maximum atomic E-state index is 10.6. The van der Waals surface area contributed by atoms with Gasteiger partial charge in [-0.3, -0.25) is 0 Å². The van der Waals surface area contributed by atoms with Gasteiger partial charge in [0.1, 0.15) is 18.3 Å². The molecule has 13 heavy (non-hydrogen) atoms. The second kappa shape index (κ2) is 6.04. The summed E-state index contributed by atoms with van der Waals surface area (Å²) in [4.78, 5) is 10.6. The fraction of sp³-hybridized carbons (Fsp3) is 0.875. The van der Waals surface area contributed by atoms with Crippen LogP contribution >= 0.6 is 0 Å². The Morgan fingerprint density at radius 1 is 1.38 bits per heavy atom. The van der Waals surface area contributed by atoms with Gasteiger partial charge < -0.3 is 24.5 Å². The third kappa shape index (κ3) is 3.40. The average Bonchev–Trinajstić information content (AvgIpc) is 2.22. The summed E-state index contributed by atoms with van der Waals surface area (Å²) in [6.07, 6.45) is -4.36. The van der Waals surface area contributed by atoms with Gasteiger partial charge in [-0.1, -0.05) is 0 Å². The smallest absolute Gasteiger partial charge is 0.151 e. The summed E-state index contributed by atoms with van der Waals surface area (Å²) in [5.41, 5.74) is 0. The summed E-state index contributed by atoms with van der Waals surface area (Å²) in [6.45, 7) is 1.33. The van der Waals surface area contributed by atoms with Crippen LogP contribution in [0.2, 0.25) is 0 Å². The first-order chi connectivity index (χ1) is 7.08. The zero-order chi connectivity index (χ0) is 11.8. The van der Waals surface area contributed by atoms with Crippen molar-refractivity contribution in [2.75, 3.05) is 14.2 Å². The number of carbonyl (C=O) groups is 1. The van der Waals surface area contributed by atoms with Gasteiger partial charge in [0.15, 0.2) is 6.29 Å². The quantitative estimate of drug-likeness (QED) is 0.528. The van der Waals surface area contributed by atoms with Crippen LogP contribution in [0, 0.1) is 0 Å². The predicted molar refractivity (Wildman–Crippen MR) is 45.3 cm³/mol. The van der Waals surface area contributed by atoms with Gasteiger partial charge in [0.2, 0.25) is 0 Å². The molecule has 5 heteroatoms. The molecule has 0 aliphatic carbocycles. The van der Waals surface area contributed by atoms with Gasteiger partial charge in [-0.05, 0) is 6.92 Å². The highest BCUT2D eigenvalue weighted by molar-refractivity contribution is 5.57. The van der Waals surface area contributed by atoms with E-state index in [0.717, 1.165) is 0 Å². The van der Waals surface area contributed by atoms with Crippen LogP contribution in [0.5, 0.6) is 0 Å². The van der Waals surface area contributed by atoms with E-state index in [1.807, 2.05) is 0 Å². The van der Waals surface area contributed by atoms with Crippen LogP contribution in [0.15, 0.2) is 0 Å². The minimum absolute atomic E-state index is 0.375. The van der Waals surface area contributed by atoms with E-state index in [-0.39, 0.29) is 0 Å². The largest absolute Gasteiger partial charge is 0.391 e. The molecule has 0 aromatic heterocycles. The highest BCUT2D eigenvalue weighted by atomic mass is 16.5. The van der Waals surface area contributed by atoms with E-state index in [0.29, 0.717) is 6.29 Å².